The maximum Gasteiger partial charge on any atom is 0.225 e. The Hall–Kier alpha value is 0.0700. The quantitative estimate of drug-likeness (QED) is 0.827. The van der Waals surface area contributed by atoms with Gasteiger partial charge < -0.3 is 11.1 Å². The molecule has 0 saturated heterocycles. The highest BCUT2D eigenvalue weighted by Gasteiger charge is 2.38. The second-order valence-corrected chi connectivity index (χ2v) is 8.33. The van der Waals surface area contributed by atoms with Crippen molar-refractivity contribution in [2.24, 2.45) is 11.7 Å². The highest BCUT2D eigenvalue weighted by atomic mass is 35.5. The topological polar surface area (TPSA) is 55.1 Å². The molecule has 2 fully saturated rings. The lowest BCUT2D eigenvalue weighted by atomic mass is 9.74. The molecule has 124 valence electrons. The first-order valence-corrected chi connectivity index (χ1v) is 9.28. The van der Waals surface area contributed by atoms with Gasteiger partial charge in [-0.15, -0.1) is 12.4 Å². The molecular formula is C16H31ClN2OS. The van der Waals surface area contributed by atoms with Gasteiger partial charge in [0.15, 0.2) is 0 Å². The van der Waals surface area contributed by atoms with Gasteiger partial charge in [0.05, 0.1) is 5.92 Å². The fraction of sp³-hybridized carbons (Fsp3) is 0.938. The molecule has 3 nitrogen and oxygen atoms in total. The maximum atomic E-state index is 12.5. The molecule has 0 aromatic heterocycles. The average Bonchev–Trinajstić information content (AvgIpc) is 2.38. The summed E-state index contributed by atoms with van der Waals surface area (Å²) in [6.07, 6.45) is 9.07. The molecule has 0 heterocycles. The molecule has 0 bridgehead atoms. The summed E-state index contributed by atoms with van der Waals surface area (Å²) in [7, 11) is 0. The number of halogens is 1. The molecule has 4 unspecified atom stereocenters. The molecule has 0 aromatic carbocycles. The SMILES string of the molecule is CCSC1CCCC(NC(=O)C2CCCCC2(C)N)C1.Cl. The average molecular weight is 335 g/mol. The molecule has 0 spiro atoms. The van der Waals surface area contributed by atoms with Crippen molar-refractivity contribution >= 4 is 30.1 Å². The smallest absolute Gasteiger partial charge is 0.225 e. The largest absolute Gasteiger partial charge is 0.353 e. The third-order valence-electron chi connectivity index (χ3n) is 4.95. The van der Waals surface area contributed by atoms with Gasteiger partial charge in [0.25, 0.3) is 0 Å². The second kappa shape index (κ2) is 8.64. The van der Waals surface area contributed by atoms with Crippen molar-refractivity contribution in [1.29, 1.82) is 0 Å². The molecule has 0 radical (unpaired) electrons. The van der Waals surface area contributed by atoms with Crippen molar-refractivity contribution in [3.05, 3.63) is 0 Å². The van der Waals surface area contributed by atoms with Crippen molar-refractivity contribution in [3.63, 3.8) is 0 Å². The monoisotopic (exact) mass is 334 g/mol. The van der Waals surface area contributed by atoms with Gasteiger partial charge >= 0.3 is 0 Å². The Kier molecular flexibility index (Phi) is 7.86. The fourth-order valence-electron chi connectivity index (χ4n) is 3.75. The summed E-state index contributed by atoms with van der Waals surface area (Å²) in [6, 6.07) is 0.373. The molecule has 0 aliphatic heterocycles. The van der Waals surface area contributed by atoms with Crippen LogP contribution in [0.15, 0.2) is 0 Å². The Morgan fingerprint density at radius 2 is 2.05 bits per heavy atom. The summed E-state index contributed by atoms with van der Waals surface area (Å²) < 4.78 is 0. The fourth-order valence-corrected chi connectivity index (χ4v) is 4.93. The van der Waals surface area contributed by atoms with Gasteiger partial charge in [0.1, 0.15) is 0 Å². The highest BCUT2D eigenvalue weighted by molar-refractivity contribution is 7.99. The van der Waals surface area contributed by atoms with E-state index in [2.05, 4.69) is 12.2 Å². The molecule has 2 aliphatic rings. The normalized spacial score (nSPS) is 36.6. The predicted octanol–water partition coefficient (Wildman–Crippen LogP) is 3.50. The van der Waals surface area contributed by atoms with Crippen molar-refractivity contribution < 1.29 is 4.79 Å². The van der Waals surface area contributed by atoms with Crippen LogP contribution >= 0.6 is 24.2 Å². The van der Waals surface area contributed by atoms with E-state index in [1.165, 1.54) is 18.6 Å². The van der Waals surface area contributed by atoms with E-state index in [1.54, 1.807) is 0 Å². The van der Waals surface area contributed by atoms with Crippen LogP contribution in [-0.2, 0) is 4.79 Å². The third-order valence-corrected chi connectivity index (χ3v) is 6.18. The maximum absolute atomic E-state index is 12.5. The highest BCUT2D eigenvalue weighted by Crippen LogP contribution is 2.33. The van der Waals surface area contributed by atoms with Crippen LogP contribution in [0.3, 0.4) is 0 Å². The Labute approximate surface area is 140 Å². The standard InChI is InChI=1S/C16H30N2OS.ClH/c1-3-20-13-8-6-7-12(11-13)18-15(19)14-9-4-5-10-16(14,2)17;/h12-14H,3-11,17H2,1-2H3,(H,18,19);1H. The van der Waals surface area contributed by atoms with E-state index in [0.29, 0.717) is 6.04 Å². The lowest BCUT2D eigenvalue weighted by Crippen LogP contribution is -2.54. The number of carbonyl (C=O) groups is 1. The van der Waals surface area contributed by atoms with Crippen molar-refractivity contribution in [1.82, 2.24) is 5.32 Å². The minimum atomic E-state index is -0.311. The number of hydrogen-bond donors (Lipinski definition) is 2. The van der Waals surface area contributed by atoms with Gasteiger partial charge in [-0.1, -0.05) is 26.2 Å². The zero-order valence-electron chi connectivity index (χ0n) is 13.4. The number of rotatable bonds is 4. The van der Waals surface area contributed by atoms with Crippen molar-refractivity contribution in [2.75, 3.05) is 5.75 Å². The minimum absolute atomic E-state index is 0. The second-order valence-electron chi connectivity index (χ2n) is 6.75. The summed E-state index contributed by atoms with van der Waals surface area (Å²) in [5.41, 5.74) is 6.03. The molecule has 2 saturated carbocycles. The summed E-state index contributed by atoms with van der Waals surface area (Å²) in [4.78, 5) is 12.5. The van der Waals surface area contributed by atoms with Crippen molar-refractivity contribution in [2.45, 2.75) is 82.0 Å². The number of nitrogens with two attached hydrogens (primary N) is 1. The molecule has 3 N–H and O–H groups in total. The Morgan fingerprint density at radius 3 is 2.71 bits per heavy atom. The Balaban J connectivity index is 0.00000220. The molecule has 1 amide bonds. The van der Waals surface area contributed by atoms with Crippen molar-refractivity contribution in [3.8, 4) is 0 Å². The predicted molar refractivity (Wildman–Crippen MR) is 94.1 cm³/mol. The Morgan fingerprint density at radius 1 is 1.29 bits per heavy atom. The van der Waals surface area contributed by atoms with Crippen LogP contribution in [0, 0.1) is 5.92 Å². The zero-order chi connectivity index (χ0) is 14.6. The van der Waals surface area contributed by atoms with E-state index in [9.17, 15) is 4.79 Å². The minimum Gasteiger partial charge on any atom is -0.353 e. The molecule has 4 atom stereocenters. The first kappa shape index (κ1) is 19.1. The van der Waals surface area contributed by atoms with E-state index in [1.807, 2.05) is 18.7 Å². The number of carbonyl (C=O) groups excluding carboxylic acids is 1. The van der Waals surface area contributed by atoms with Crippen LogP contribution in [-0.4, -0.2) is 28.5 Å². The number of hydrogen-bond acceptors (Lipinski definition) is 3. The summed E-state index contributed by atoms with van der Waals surface area (Å²) >= 11 is 2.04. The first-order valence-electron chi connectivity index (χ1n) is 8.24. The van der Waals surface area contributed by atoms with E-state index in [4.69, 9.17) is 5.73 Å². The lowest BCUT2D eigenvalue weighted by molar-refractivity contribution is -0.129. The van der Waals surface area contributed by atoms with Crippen LogP contribution < -0.4 is 11.1 Å². The van der Waals surface area contributed by atoms with E-state index in [-0.39, 0.29) is 29.8 Å². The first-order chi connectivity index (χ1) is 9.53. The van der Waals surface area contributed by atoms with E-state index in [0.717, 1.165) is 43.8 Å². The van der Waals surface area contributed by atoms with Crippen LogP contribution in [0.5, 0.6) is 0 Å². The zero-order valence-corrected chi connectivity index (χ0v) is 15.0. The molecule has 2 rings (SSSR count). The van der Waals surface area contributed by atoms with Crippen LogP contribution in [0.2, 0.25) is 0 Å². The molecule has 2 aliphatic carbocycles. The summed E-state index contributed by atoms with van der Waals surface area (Å²) in [5.74, 6) is 1.40. The molecule has 0 aromatic rings. The van der Waals surface area contributed by atoms with Crippen LogP contribution in [0.1, 0.15) is 65.2 Å². The Bertz CT molecular complexity index is 336. The van der Waals surface area contributed by atoms with Gasteiger partial charge in [-0.05, 0) is 44.8 Å². The van der Waals surface area contributed by atoms with E-state index >= 15 is 0 Å². The van der Waals surface area contributed by atoms with Crippen LogP contribution in [0.25, 0.3) is 0 Å². The summed E-state index contributed by atoms with van der Waals surface area (Å²) in [6.45, 7) is 4.27. The molecule has 5 heteroatoms. The number of nitrogens with one attached hydrogen (secondary N) is 1. The van der Waals surface area contributed by atoms with Crippen LogP contribution in [0.4, 0.5) is 0 Å². The number of amides is 1. The van der Waals surface area contributed by atoms with Gasteiger partial charge in [0.2, 0.25) is 5.91 Å². The van der Waals surface area contributed by atoms with E-state index < -0.39 is 0 Å². The van der Waals surface area contributed by atoms with Gasteiger partial charge in [0, 0.05) is 16.8 Å². The number of thioether (sulfide) groups is 1. The summed E-state index contributed by atoms with van der Waals surface area (Å²) in [5, 5.41) is 4.03. The lowest BCUT2D eigenvalue weighted by Gasteiger charge is -2.39. The van der Waals surface area contributed by atoms with Gasteiger partial charge in [-0.2, -0.15) is 11.8 Å². The molecule has 21 heavy (non-hydrogen) atoms. The van der Waals surface area contributed by atoms with Gasteiger partial charge in [-0.25, -0.2) is 0 Å². The third kappa shape index (κ3) is 5.33. The van der Waals surface area contributed by atoms with Gasteiger partial charge in [-0.3, -0.25) is 4.79 Å². The molecular weight excluding hydrogens is 304 g/mol.